The third-order valence-electron chi connectivity index (χ3n) is 1.90. The summed E-state index contributed by atoms with van der Waals surface area (Å²) in [5.74, 6) is 5.43. The quantitative estimate of drug-likeness (QED) is 0.570. The summed E-state index contributed by atoms with van der Waals surface area (Å²) in [6.07, 6.45) is 1.88. The van der Waals surface area contributed by atoms with Crippen molar-refractivity contribution in [3.63, 3.8) is 0 Å². The number of nitrogens with zero attached hydrogens (tertiary/aromatic N) is 1. The fraction of sp³-hybridized carbons (Fsp3) is 0.545. The lowest BCUT2D eigenvalue weighted by atomic mass is 10.4. The summed E-state index contributed by atoms with van der Waals surface area (Å²) < 4.78 is 30.7. The molecule has 1 rings (SSSR count). The van der Waals surface area contributed by atoms with Crippen molar-refractivity contribution in [3.8, 4) is 11.8 Å². The van der Waals surface area contributed by atoms with Crippen LogP contribution in [0, 0.1) is 11.8 Å². The first-order valence-electron chi connectivity index (χ1n) is 5.71. The molecule has 2 N–H and O–H groups in total. The molecule has 6 nitrogen and oxygen atoms in total. The number of sulfonamides is 1. The van der Waals surface area contributed by atoms with Crippen molar-refractivity contribution in [2.45, 2.75) is 13.3 Å². The van der Waals surface area contributed by atoms with Crippen LogP contribution in [0.4, 0.5) is 5.13 Å². The van der Waals surface area contributed by atoms with E-state index < -0.39 is 10.0 Å². The molecule has 0 fully saturated rings. The number of hydrogen-bond donors (Lipinski definition) is 2. The predicted octanol–water partition coefficient (Wildman–Crippen LogP) is 0.655. The van der Waals surface area contributed by atoms with Crippen molar-refractivity contribution < 1.29 is 18.3 Å². The summed E-state index contributed by atoms with van der Waals surface area (Å²) in [6.45, 7) is 2.44. The lowest BCUT2D eigenvalue weighted by Gasteiger charge is -2.04. The van der Waals surface area contributed by atoms with Gasteiger partial charge < -0.3 is 9.84 Å². The molecule has 1 heterocycles. The van der Waals surface area contributed by atoms with Gasteiger partial charge in [-0.1, -0.05) is 23.2 Å². The van der Waals surface area contributed by atoms with Crippen molar-refractivity contribution in [2.75, 3.05) is 30.3 Å². The average molecular weight is 304 g/mol. The Labute approximate surface area is 116 Å². The molecule has 0 aliphatic carbocycles. The van der Waals surface area contributed by atoms with E-state index in [4.69, 9.17) is 9.84 Å². The number of aromatic nitrogens is 1. The van der Waals surface area contributed by atoms with Gasteiger partial charge in [0.25, 0.3) is 0 Å². The smallest absolute Gasteiger partial charge is 0.236 e. The maximum Gasteiger partial charge on any atom is 0.236 e. The topological polar surface area (TPSA) is 88.5 Å². The van der Waals surface area contributed by atoms with Gasteiger partial charge >= 0.3 is 0 Å². The summed E-state index contributed by atoms with van der Waals surface area (Å²) in [5, 5.41) is 8.87. The first-order chi connectivity index (χ1) is 9.07. The van der Waals surface area contributed by atoms with Gasteiger partial charge in [-0.3, -0.25) is 4.72 Å². The largest absolute Gasteiger partial charge is 0.395 e. The number of rotatable bonds is 7. The molecular formula is C11H16N2O4S2. The molecule has 0 amide bonds. The summed E-state index contributed by atoms with van der Waals surface area (Å²) >= 11 is 1.15. The molecule has 19 heavy (non-hydrogen) atoms. The molecule has 0 aromatic carbocycles. The maximum atomic E-state index is 11.7. The van der Waals surface area contributed by atoms with Crippen LogP contribution in [0.5, 0.6) is 0 Å². The Balaban J connectivity index is 2.56. The zero-order valence-corrected chi connectivity index (χ0v) is 12.2. The van der Waals surface area contributed by atoms with Gasteiger partial charge in [-0.05, 0) is 6.92 Å². The van der Waals surface area contributed by atoms with Gasteiger partial charge in [0.1, 0.15) is 0 Å². The van der Waals surface area contributed by atoms with Crippen molar-refractivity contribution in [1.82, 2.24) is 4.98 Å². The standard InChI is InChI=1S/C11H16N2O4S2/c1-2-17-7-8-19(15,16)13-11-12-9-10(18-11)5-3-4-6-14/h9,14H,2,4,6-8H2,1H3,(H,12,13). The van der Waals surface area contributed by atoms with Crippen LogP contribution in [0.3, 0.4) is 0 Å². The second kappa shape index (κ2) is 8.12. The highest BCUT2D eigenvalue weighted by Gasteiger charge is 2.12. The SMILES string of the molecule is CCOCCS(=O)(=O)Nc1ncc(C#CCCO)s1. The monoisotopic (exact) mass is 304 g/mol. The highest BCUT2D eigenvalue weighted by atomic mass is 32.2. The zero-order chi connectivity index (χ0) is 14.1. The Morgan fingerprint density at radius 2 is 2.37 bits per heavy atom. The van der Waals surface area contributed by atoms with E-state index in [0.717, 1.165) is 11.3 Å². The minimum absolute atomic E-state index is 0.00270. The van der Waals surface area contributed by atoms with E-state index >= 15 is 0 Å². The Morgan fingerprint density at radius 1 is 1.58 bits per heavy atom. The molecule has 106 valence electrons. The molecule has 0 bridgehead atoms. The van der Waals surface area contributed by atoms with E-state index in [1.165, 1.54) is 6.20 Å². The average Bonchev–Trinajstić information content (AvgIpc) is 2.76. The van der Waals surface area contributed by atoms with E-state index in [2.05, 4.69) is 21.5 Å². The van der Waals surface area contributed by atoms with Crippen molar-refractivity contribution in [2.24, 2.45) is 0 Å². The fourth-order valence-corrected chi connectivity index (χ4v) is 2.93. The highest BCUT2D eigenvalue weighted by Crippen LogP contribution is 2.18. The van der Waals surface area contributed by atoms with Crippen LogP contribution in [-0.2, 0) is 14.8 Å². The van der Waals surface area contributed by atoms with Gasteiger partial charge in [-0.15, -0.1) is 0 Å². The number of aliphatic hydroxyl groups is 1. The van der Waals surface area contributed by atoms with Gasteiger partial charge in [0, 0.05) is 13.0 Å². The van der Waals surface area contributed by atoms with Crippen molar-refractivity contribution in [1.29, 1.82) is 0 Å². The Hall–Kier alpha value is -1.14. The number of nitrogens with one attached hydrogen (secondary N) is 1. The summed E-state index contributed by atoms with van der Waals surface area (Å²) in [7, 11) is -3.43. The van der Waals surface area contributed by atoms with Gasteiger partial charge in [0.05, 0.1) is 30.0 Å². The molecule has 0 atom stereocenters. The fourth-order valence-electron chi connectivity index (χ4n) is 1.08. The number of aliphatic hydroxyl groups excluding tert-OH is 1. The van der Waals surface area contributed by atoms with Gasteiger partial charge in [-0.2, -0.15) is 0 Å². The number of thiazole rings is 1. The molecule has 0 saturated carbocycles. The van der Waals surface area contributed by atoms with E-state index in [0.29, 0.717) is 17.9 Å². The van der Waals surface area contributed by atoms with Crippen molar-refractivity contribution >= 4 is 26.5 Å². The Morgan fingerprint density at radius 3 is 3.05 bits per heavy atom. The molecule has 0 spiro atoms. The number of ether oxygens (including phenoxy) is 1. The van der Waals surface area contributed by atoms with Gasteiger partial charge in [0.2, 0.25) is 10.0 Å². The third-order valence-corrected chi connectivity index (χ3v) is 4.06. The second-order valence-electron chi connectivity index (χ2n) is 3.42. The molecule has 0 radical (unpaired) electrons. The van der Waals surface area contributed by atoms with E-state index in [-0.39, 0.29) is 24.1 Å². The van der Waals surface area contributed by atoms with E-state index in [1.807, 2.05) is 0 Å². The van der Waals surface area contributed by atoms with Gasteiger partial charge in [0.15, 0.2) is 5.13 Å². The summed E-state index contributed by atoms with van der Waals surface area (Å²) in [6, 6.07) is 0. The third kappa shape index (κ3) is 6.54. The van der Waals surface area contributed by atoms with E-state index in [1.54, 1.807) is 6.92 Å². The highest BCUT2D eigenvalue weighted by molar-refractivity contribution is 7.92. The lowest BCUT2D eigenvalue weighted by Crippen LogP contribution is -2.20. The van der Waals surface area contributed by atoms with E-state index in [9.17, 15) is 8.42 Å². The van der Waals surface area contributed by atoms with Crippen LogP contribution in [0.15, 0.2) is 6.20 Å². The van der Waals surface area contributed by atoms with Crippen LogP contribution in [-0.4, -0.2) is 44.1 Å². The molecule has 8 heteroatoms. The van der Waals surface area contributed by atoms with Crippen LogP contribution in [0.1, 0.15) is 18.2 Å². The van der Waals surface area contributed by atoms with Crippen LogP contribution >= 0.6 is 11.3 Å². The van der Waals surface area contributed by atoms with Crippen molar-refractivity contribution in [3.05, 3.63) is 11.1 Å². The van der Waals surface area contributed by atoms with Crippen LogP contribution < -0.4 is 4.72 Å². The normalized spacial score (nSPS) is 10.8. The molecule has 0 unspecified atom stereocenters. The first kappa shape index (κ1) is 15.9. The Bertz CT molecular complexity index is 543. The molecule has 1 aromatic heterocycles. The minimum Gasteiger partial charge on any atom is -0.395 e. The Kier molecular flexibility index (Phi) is 6.80. The lowest BCUT2D eigenvalue weighted by molar-refractivity contribution is 0.163. The van der Waals surface area contributed by atoms with Crippen LogP contribution in [0.25, 0.3) is 0 Å². The first-order valence-corrected chi connectivity index (χ1v) is 8.18. The number of hydrogen-bond acceptors (Lipinski definition) is 6. The molecule has 0 aliphatic rings. The zero-order valence-electron chi connectivity index (χ0n) is 10.5. The summed E-state index contributed by atoms with van der Waals surface area (Å²) in [4.78, 5) is 4.58. The molecule has 1 aromatic rings. The van der Waals surface area contributed by atoms with Gasteiger partial charge in [-0.25, -0.2) is 13.4 Å². The second-order valence-corrected chi connectivity index (χ2v) is 6.30. The number of anilines is 1. The predicted molar refractivity (Wildman–Crippen MR) is 74.6 cm³/mol. The minimum atomic E-state index is -3.43. The molecule has 0 saturated heterocycles. The molecular weight excluding hydrogens is 288 g/mol. The summed E-state index contributed by atoms with van der Waals surface area (Å²) in [5.41, 5.74) is 0. The maximum absolute atomic E-state index is 11.7. The molecule has 0 aliphatic heterocycles. The van der Waals surface area contributed by atoms with Crippen LogP contribution in [0.2, 0.25) is 0 Å².